The lowest BCUT2D eigenvalue weighted by Crippen LogP contribution is -2.13. The molecule has 0 aliphatic rings. The number of amides is 1. The van der Waals surface area contributed by atoms with Crippen LogP contribution in [-0.4, -0.2) is 17.5 Å². The Morgan fingerprint density at radius 3 is 2.62 bits per heavy atom. The van der Waals surface area contributed by atoms with E-state index in [0.717, 1.165) is 6.42 Å². The van der Waals surface area contributed by atoms with Crippen molar-refractivity contribution < 1.29 is 4.79 Å². The van der Waals surface area contributed by atoms with Gasteiger partial charge in [0.25, 0.3) is 0 Å². The van der Waals surface area contributed by atoms with Crippen molar-refractivity contribution in [3.63, 3.8) is 0 Å². The lowest BCUT2D eigenvalue weighted by molar-refractivity contribution is -0.109. The predicted octanol–water partition coefficient (Wildman–Crippen LogP) is 0.308. The molecule has 0 radical (unpaired) electrons. The molecule has 8 heavy (non-hydrogen) atoms. The number of hydrogen-bond acceptors (Lipinski definition) is 3. The number of carbonyl (C=O) groups excluding carboxylic acids is 1. The summed E-state index contributed by atoms with van der Waals surface area (Å²) >= 11 is 7.96. The predicted molar refractivity (Wildman–Crippen MR) is 40.4 cm³/mol. The molecule has 0 rings (SSSR count). The molecule has 0 aliphatic heterocycles. The second-order valence-electron chi connectivity index (χ2n) is 1.34. The molecule has 48 valence electrons. The molecule has 0 aromatic rings. The number of thiol groups is 2. The zero-order chi connectivity index (χ0) is 6.41. The van der Waals surface area contributed by atoms with Crippen LogP contribution in [0.4, 0.5) is 0 Å². The minimum Gasteiger partial charge on any atom is -0.359 e. The van der Waals surface area contributed by atoms with Crippen LogP contribution < -0.4 is 5.32 Å². The summed E-state index contributed by atoms with van der Waals surface area (Å²) in [6, 6.07) is 0. The highest BCUT2D eigenvalue weighted by molar-refractivity contribution is 7.99. The minimum atomic E-state index is 0.0717. The molecule has 0 unspecified atom stereocenters. The van der Waals surface area contributed by atoms with Gasteiger partial charge in [0.1, 0.15) is 0 Å². The van der Waals surface area contributed by atoms with Crippen molar-refractivity contribution in [2.45, 2.75) is 11.0 Å². The van der Waals surface area contributed by atoms with Gasteiger partial charge in [-0.15, -0.1) is 0 Å². The maximum Gasteiger partial charge on any atom is 0.207 e. The van der Waals surface area contributed by atoms with Crippen LogP contribution in [0.1, 0.15) is 6.42 Å². The Kier molecular flexibility index (Phi) is 5.42. The summed E-state index contributed by atoms with van der Waals surface area (Å²) in [7, 11) is 0. The summed E-state index contributed by atoms with van der Waals surface area (Å²) in [5.74, 6) is 0. The Balaban J connectivity index is 2.81. The minimum absolute atomic E-state index is 0.0717. The van der Waals surface area contributed by atoms with Crippen molar-refractivity contribution in [3.05, 3.63) is 0 Å². The molecule has 0 aromatic heterocycles. The van der Waals surface area contributed by atoms with E-state index in [-0.39, 0.29) is 4.58 Å². The third kappa shape index (κ3) is 6.17. The molecule has 2 nitrogen and oxygen atoms in total. The highest BCUT2D eigenvalue weighted by atomic mass is 32.2. The highest BCUT2D eigenvalue weighted by Gasteiger charge is 1.91. The Morgan fingerprint density at radius 2 is 2.25 bits per heavy atom. The van der Waals surface area contributed by atoms with Crippen molar-refractivity contribution in [2.24, 2.45) is 0 Å². The molecule has 0 saturated heterocycles. The highest BCUT2D eigenvalue weighted by Crippen LogP contribution is 2.02. The van der Waals surface area contributed by atoms with Crippen LogP contribution in [0.15, 0.2) is 0 Å². The molecule has 4 heteroatoms. The smallest absolute Gasteiger partial charge is 0.207 e. The van der Waals surface area contributed by atoms with E-state index in [1.165, 1.54) is 0 Å². The van der Waals surface area contributed by atoms with Gasteiger partial charge in [-0.3, -0.25) is 4.79 Å². The maximum absolute atomic E-state index is 9.63. The molecule has 0 fully saturated rings. The van der Waals surface area contributed by atoms with Gasteiger partial charge in [0.05, 0.1) is 0 Å². The van der Waals surface area contributed by atoms with Crippen LogP contribution in [0.25, 0.3) is 0 Å². The Bertz CT molecular complexity index is 67.1. The van der Waals surface area contributed by atoms with Crippen LogP contribution in [-0.2, 0) is 4.79 Å². The van der Waals surface area contributed by atoms with Crippen LogP contribution >= 0.6 is 25.3 Å². The molecule has 0 bridgehead atoms. The van der Waals surface area contributed by atoms with Crippen molar-refractivity contribution in [3.8, 4) is 0 Å². The summed E-state index contributed by atoms with van der Waals surface area (Å²) in [4.78, 5) is 9.63. The monoisotopic (exact) mass is 151 g/mol. The Labute approximate surface area is 59.9 Å². The molecular formula is C4H9NOS2. The van der Waals surface area contributed by atoms with E-state index in [1.54, 1.807) is 0 Å². The summed E-state index contributed by atoms with van der Waals surface area (Å²) in [5.41, 5.74) is 0. The van der Waals surface area contributed by atoms with Crippen molar-refractivity contribution in [2.75, 3.05) is 6.54 Å². The van der Waals surface area contributed by atoms with Crippen LogP contribution in [0, 0.1) is 0 Å². The Morgan fingerprint density at radius 1 is 1.62 bits per heavy atom. The molecule has 1 N–H and O–H groups in total. The van der Waals surface area contributed by atoms with Crippen LogP contribution in [0.5, 0.6) is 0 Å². The Hall–Kier alpha value is 0.170. The average Bonchev–Trinajstić information content (AvgIpc) is 1.66. The summed E-state index contributed by atoms with van der Waals surface area (Å²) in [6.45, 7) is 0.654. The van der Waals surface area contributed by atoms with Gasteiger partial charge >= 0.3 is 0 Å². The lowest BCUT2D eigenvalue weighted by atomic mass is 10.5. The third-order valence-electron chi connectivity index (χ3n) is 0.630. The number of rotatable bonds is 4. The van der Waals surface area contributed by atoms with E-state index >= 15 is 0 Å². The second-order valence-corrected chi connectivity index (χ2v) is 3.00. The molecule has 0 aliphatic carbocycles. The van der Waals surface area contributed by atoms with E-state index < -0.39 is 0 Å². The summed E-state index contributed by atoms with van der Waals surface area (Å²) < 4.78 is 0.0717. The molecular weight excluding hydrogens is 142 g/mol. The van der Waals surface area contributed by atoms with Gasteiger partial charge in [-0.1, -0.05) is 0 Å². The molecule has 0 heterocycles. The second kappa shape index (κ2) is 5.31. The first kappa shape index (κ1) is 8.17. The fourth-order valence-corrected chi connectivity index (χ4v) is 0.530. The zero-order valence-electron chi connectivity index (χ0n) is 4.37. The summed E-state index contributed by atoms with van der Waals surface area (Å²) in [5, 5.41) is 2.50. The first-order chi connectivity index (χ1) is 3.77. The first-order valence-electron chi connectivity index (χ1n) is 2.30. The maximum atomic E-state index is 9.63. The fourth-order valence-electron chi connectivity index (χ4n) is 0.271. The van der Waals surface area contributed by atoms with Gasteiger partial charge in [-0.05, 0) is 6.42 Å². The first-order valence-corrected chi connectivity index (χ1v) is 3.34. The topological polar surface area (TPSA) is 29.1 Å². The molecule has 0 saturated carbocycles. The molecule has 0 aromatic carbocycles. The molecule has 1 amide bonds. The van der Waals surface area contributed by atoms with Gasteiger partial charge in [0, 0.05) is 11.1 Å². The SMILES string of the molecule is O=CNCCC(S)S. The van der Waals surface area contributed by atoms with Gasteiger partial charge in [-0.2, -0.15) is 25.3 Å². The average molecular weight is 151 g/mol. The normalized spacial score (nSPS) is 9.38. The standard InChI is InChI=1S/C4H9NOS2/c6-3-5-2-1-4(7)8/h3-4,7-8H,1-2H2,(H,5,6). The van der Waals surface area contributed by atoms with Crippen molar-refractivity contribution in [1.82, 2.24) is 5.32 Å². The van der Waals surface area contributed by atoms with Crippen LogP contribution in [0.2, 0.25) is 0 Å². The third-order valence-corrected chi connectivity index (χ3v) is 1.15. The lowest BCUT2D eigenvalue weighted by Gasteiger charge is -1.99. The van der Waals surface area contributed by atoms with Crippen LogP contribution in [0.3, 0.4) is 0 Å². The number of nitrogens with one attached hydrogen (secondary N) is 1. The molecule has 0 spiro atoms. The van der Waals surface area contributed by atoms with Gasteiger partial charge < -0.3 is 5.32 Å². The van der Waals surface area contributed by atoms with E-state index in [2.05, 4.69) is 30.6 Å². The largest absolute Gasteiger partial charge is 0.359 e. The van der Waals surface area contributed by atoms with E-state index in [4.69, 9.17) is 0 Å². The molecule has 0 atom stereocenters. The van der Waals surface area contributed by atoms with Gasteiger partial charge in [-0.25, -0.2) is 0 Å². The number of hydrogen-bond donors (Lipinski definition) is 3. The fraction of sp³-hybridized carbons (Fsp3) is 0.750. The quantitative estimate of drug-likeness (QED) is 0.229. The van der Waals surface area contributed by atoms with Crippen molar-refractivity contribution >= 4 is 31.7 Å². The van der Waals surface area contributed by atoms with E-state index in [1.807, 2.05) is 0 Å². The summed E-state index contributed by atoms with van der Waals surface area (Å²) in [6.07, 6.45) is 1.47. The number of carbonyl (C=O) groups is 1. The van der Waals surface area contributed by atoms with Crippen molar-refractivity contribution in [1.29, 1.82) is 0 Å². The van der Waals surface area contributed by atoms with E-state index in [0.29, 0.717) is 13.0 Å². The van der Waals surface area contributed by atoms with E-state index in [9.17, 15) is 4.79 Å². The zero-order valence-corrected chi connectivity index (χ0v) is 6.16. The van der Waals surface area contributed by atoms with Gasteiger partial charge in [0.15, 0.2) is 0 Å². The van der Waals surface area contributed by atoms with Gasteiger partial charge in [0.2, 0.25) is 6.41 Å².